The second-order valence-corrected chi connectivity index (χ2v) is 7.48. The molecule has 1 amide bonds. The summed E-state index contributed by atoms with van der Waals surface area (Å²) in [6.45, 7) is 3.35. The molecule has 164 valence electrons. The van der Waals surface area contributed by atoms with E-state index in [4.69, 9.17) is 5.11 Å². The van der Waals surface area contributed by atoms with Gasteiger partial charge in [-0.2, -0.15) is 0 Å². The molecule has 0 radical (unpaired) electrons. The van der Waals surface area contributed by atoms with Gasteiger partial charge < -0.3 is 25.3 Å². The second kappa shape index (κ2) is 12.6. The van der Waals surface area contributed by atoms with Gasteiger partial charge in [-0.05, 0) is 38.2 Å². The molecule has 0 aliphatic carbocycles. The van der Waals surface area contributed by atoms with E-state index >= 15 is 0 Å². The first-order chi connectivity index (χ1) is 13.8. The van der Waals surface area contributed by atoms with Crippen LogP contribution in [0.25, 0.3) is 0 Å². The number of β-amino-alcohol motifs (C(OH)–C–C–N with tert-alkyl or cyclic N) is 1. The molecular weight excluding hydrogens is 374 g/mol. The summed E-state index contributed by atoms with van der Waals surface area (Å²) in [6.07, 6.45) is 11.3. The van der Waals surface area contributed by atoms with Crippen LogP contribution in [0.1, 0.15) is 65.2 Å². The van der Waals surface area contributed by atoms with Crippen molar-refractivity contribution < 1.29 is 30.0 Å². The van der Waals surface area contributed by atoms with Gasteiger partial charge >= 0.3 is 5.97 Å². The maximum absolute atomic E-state index is 12.8. The fraction of sp³-hybridized carbons (Fsp3) is 0.636. The van der Waals surface area contributed by atoms with E-state index in [9.17, 15) is 24.9 Å². The number of amides is 1. The van der Waals surface area contributed by atoms with E-state index in [1.54, 1.807) is 12.2 Å². The van der Waals surface area contributed by atoms with Gasteiger partial charge in [0.15, 0.2) is 5.72 Å². The molecule has 0 aromatic carbocycles. The summed E-state index contributed by atoms with van der Waals surface area (Å²) in [4.78, 5) is 24.6. The minimum atomic E-state index is -1.53. The molecule has 0 aromatic heterocycles. The monoisotopic (exact) mass is 409 g/mol. The smallest absolute Gasteiger partial charge is 0.303 e. The van der Waals surface area contributed by atoms with E-state index in [1.807, 2.05) is 12.2 Å². The zero-order valence-corrected chi connectivity index (χ0v) is 17.5. The topological polar surface area (TPSA) is 118 Å². The molecule has 1 aliphatic heterocycles. The highest BCUT2D eigenvalue weighted by atomic mass is 16.4. The summed E-state index contributed by atoms with van der Waals surface area (Å²) >= 11 is 0. The second-order valence-electron chi connectivity index (χ2n) is 7.48. The van der Waals surface area contributed by atoms with Gasteiger partial charge in [-0.25, -0.2) is 0 Å². The van der Waals surface area contributed by atoms with Gasteiger partial charge in [-0.15, -0.1) is 0 Å². The average Bonchev–Trinajstić information content (AvgIpc) is 2.83. The van der Waals surface area contributed by atoms with Crippen LogP contribution in [0, 0.1) is 0 Å². The van der Waals surface area contributed by atoms with Crippen LogP contribution in [-0.4, -0.2) is 62.2 Å². The Hall–Kier alpha value is -1.96. The van der Waals surface area contributed by atoms with Crippen molar-refractivity contribution in [2.75, 3.05) is 13.2 Å². The summed E-state index contributed by atoms with van der Waals surface area (Å²) in [5.41, 5.74) is -0.700. The van der Waals surface area contributed by atoms with Gasteiger partial charge in [0, 0.05) is 18.5 Å². The van der Waals surface area contributed by atoms with Gasteiger partial charge in [-0.3, -0.25) is 9.59 Å². The molecule has 0 saturated carbocycles. The van der Waals surface area contributed by atoms with E-state index in [0.29, 0.717) is 36.8 Å². The number of carboxylic acid groups (broad SMARTS) is 1. The first-order valence-electron chi connectivity index (χ1n) is 10.4. The predicted octanol–water partition coefficient (Wildman–Crippen LogP) is 2.52. The summed E-state index contributed by atoms with van der Waals surface area (Å²) in [7, 11) is 0. The van der Waals surface area contributed by atoms with Gasteiger partial charge in [0.05, 0.1) is 12.7 Å². The molecule has 1 aliphatic rings. The third-order valence-electron chi connectivity index (χ3n) is 5.06. The van der Waals surface area contributed by atoms with Crippen LogP contribution in [0.3, 0.4) is 0 Å². The van der Waals surface area contributed by atoms with Crippen LogP contribution in [0.2, 0.25) is 0 Å². The normalized spacial score (nSPS) is 21.1. The molecule has 0 fully saturated rings. The first-order valence-corrected chi connectivity index (χ1v) is 10.4. The third-order valence-corrected chi connectivity index (χ3v) is 5.06. The largest absolute Gasteiger partial charge is 0.481 e. The molecule has 0 aromatic rings. The molecule has 1 heterocycles. The Balaban J connectivity index is 2.93. The molecule has 1 rings (SSSR count). The maximum Gasteiger partial charge on any atom is 0.303 e. The lowest BCUT2D eigenvalue weighted by molar-refractivity contribution is -0.141. The van der Waals surface area contributed by atoms with Crippen LogP contribution < -0.4 is 0 Å². The quantitative estimate of drug-likeness (QED) is 0.259. The number of carboxylic acids is 1. The van der Waals surface area contributed by atoms with E-state index < -0.39 is 17.8 Å². The number of unbranched alkanes of at least 4 members (excludes halogenated alkanes) is 3. The van der Waals surface area contributed by atoms with Gasteiger partial charge in [0.25, 0.3) is 5.91 Å². The summed E-state index contributed by atoms with van der Waals surface area (Å²) < 4.78 is 0. The molecule has 0 spiro atoms. The zero-order chi connectivity index (χ0) is 21.9. The fourth-order valence-electron chi connectivity index (χ4n) is 3.38. The fourth-order valence-corrected chi connectivity index (χ4v) is 3.38. The van der Waals surface area contributed by atoms with Crippen LogP contribution in [-0.2, 0) is 9.59 Å². The summed E-state index contributed by atoms with van der Waals surface area (Å²) in [6, 6.07) is 0. The number of carbonyl (C=O) groups is 2. The van der Waals surface area contributed by atoms with Crippen molar-refractivity contribution in [1.82, 2.24) is 4.90 Å². The highest BCUT2D eigenvalue weighted by Gasteiger charge is 2.45. The molecule has 4 N–H and O–H groups in total. The molecule has 2 atom stereocenters. The van der Waals surface area contributed by atoms with Gasteiger partial charge in [0.2, 0.25) is 0 Å². The number of rotatable bonds is 14. The van der Waals surface area contributed by atoms with Crippen molar-refractivity contribution in [3.05, 3.63) is 35.5 Å². The Bertz CT molecular complexity index is 635. The lowest BCUT2D eigenvalue weighted by Crippen LogP contribution is -2.47. The highest BCUT2D eigenvalue weighted by molar-refractivity contribution is 6.01. The number of hydrogen-bond acceptors (Lipinski definition) is 5. The van der Waals surface area contributed by atoms with Gasteiger partial charge in [-0.1, -0.05) is 50.5 Å². The van der Waals surface area contributed by atoms with Crippen molar-refractivity contribution >= 4 is 11.9 Å². The standard InChI is InChI=1S/C22H35NO6/c1-3-4-7-10-17(25)13-14-18-19(11-8-5-6-9-12-20(26)27)22(2,29)23(15-16-24)21(18)28/h5,8,13-14,17,24-25,29H,3-4,6-7,9-12,15-16H2,1-2H3,(H,26,27)/b8-5-,14-13+. The number of hydrogen-bond donors (Lipinski definition) is 4. The predicted molar refractivity (Wildman–Crippen MR) is 111 cm³/mol. The van der Waals surface area contributed by atoms with E-state index in [0.717, 1.165) is 19.3 Å². The number of aliphatic hydroxyl groups excluding tert-OH is 2. The molecule has 0 bridgehead atoms. The van der Waals surface area contributed by atoms with Crippen molar-refractivity contribution in [2.45, 2.75) is 77.0 Å². The molecule has 7 heteroatoms. The SMILES string of the molecule is CCCCCC(O)/C=C/C1=C(C/C=C\CCCC(=O)O)C(C)(O)N(CCO)C1=O. The van der Waals surface area contributed by atoms with Crippen LogP contribution in [0.4, 0.5) is 0 Å². The van der Waals surface area contributed by atoms with Gasteiger partial charge in [0.1, 0.15) is 0 Å². The average molecular weight is 410 g/mol. The van der Waals surface area contributed by atoms with Crippen molar-refractivity contribution in [2.24, 2.45) is 0 Å². The first kappa shape index (κ1) is 25.1. The minimum Gasteiger partial charge on any atom is -0.481 e. The molecule has 2 unspecified atom stereocenters. The molecule has 7 nitrogen and oxygen atoms in total. The Morgan fingerprint density at radius 2 is 1.97 bits per heavy atom. The van der Waals surface area contributed by atoms with Crippen molar-refractivity contribution in [3.63, 3.8) is 0 Å². The van der Waals surface area contributed by atoms with E-state index in [-0.39, 0.29) is 25.5 Å². The van der Waals surface area contributed by atoms with Crippen LogP contribution >= 0.6 is 0 Å². The Labute approximate surface area is 173 Å². The number of carbonyl (C=O) groups excluding carboxylic acids is 1. The zero-order valence-electron chi connectivity index (χ0n) is 17.5. The van der Waals surface area contributed by atoms with Crippen LogP contribution in [0.5, 0.6) is 0 Å². The summed E-state index contributed by atoms with van der Waals surface area (Å²) in [5, 5.41) is 39.0. The minimum absolute atomic E-state index is 0.00799. The number of aliphatic carboxylic acids is 1. The third kappa shape index (κ3) is 7.76. The molecule has 0 saturated heterocycles. The molecule has 29 heavy (non-hydrogen) atoms. The van der Waals surface area contributed by atoms with Crippen molar-refractivity contribution in [3.8, 4) is 0 Å². The number of aliphatic hydroxyl groups is 3. The highest BCUT2D eigenvalue weighted by Crippen LogP contribution is 2.36. The molecular formula is C22H35NO6. The Morgan fingerprint density at radius 1 is 1.24 bits per heavy atom. The summed E-state index contributed by atoms with van der Waals surface area (Å²) in [5.74, 6) is -1.22. The van der Waals surface area contributed by atoms with E-state index in [1.165, 1.54) is 11.8 Å². The number of allylic oxidation sites excluding steroid dienone is 2. The van der Waals surface area contributed by atoms with Crippen LogP contribution in [0.15, 0.2) is 35.5 Å². The number of nitrogens with zero attached hydrogens (tertiary/aromatic N) is 1. The lowest BCUT2D eigenvalue weighted by atomic mass is 9.97. The van der Waals surface area contributed by atoms with E-state index in [2.05, 4.69) is 6.92 Å². The lowest BCUT2D eigenvalue weighted by Gasteiger charge is -2.32. The Kier molecular flexibility index (Phi) is 10.9. The maximum atomic E-state index is 12.8. The Morgan fingerprint density at radius 3 is 2.59 bits per heavy atom. The van der Waals surface area contributed by atoms with Crippen molar-refractivity contribution in [1.29, 1.82) is 0 Å².